The number of hydrogen-bond donors (Lipinski definition) is 0. The molecule has 1 amide bonds. The number of carbonyl (C=O) groups excluding carboxylic acids is 1. The number of amides is 1. The minimum atomic E-state index is -0.280. The van der Waals surface area contributed by atoms with Gasteiger partial charge in [-0.05, 0) is 51.0 Å². The lowest BCUT2D eigenvalue weighted by Crippen LogP contribution is -2.42. The van der Waals surface area contributed by atoms with E-state index in [2.05, 4.69) is 5.10 Å². The summed E-state index contributed by atoms with van der Waals surface area (Å²) in [5, 5.41) is 4.56. The lowest BCUT2D eigenvalue weighted by atomic mass is 9.95. The highest BCUT2D eigenvalue weighted by Crippen LogP contribution is 2.27. The van der Waals surface area contributed by atoms with Gasteiger partial charge in [-0.1, -0.05) is 0 Å². The third kappa shape index (κ3) is 3.82. The van der Waals surface area contributed by atoms with E-state index >= 15 is 0 Å². The van der Waals surface area contributed by atoms with Crippen molar-refractivity contribution in [3.05, 3.63) is 47.0 Å². The summed E-state index contributed by atoms with van der Waals surface area (Å²) < 4.78 is 26.2. The molecule has 1 aromatic heterocycles. The molecule has 4 rings (SSSR count). The Hall–Kier alpha value is -2.25. The van der Waals surface area contributed by atoms with Crippen LogP contribution in [0.2, 0.25) is 0 Å². The summed E-state index contributed by atoms with van der Waals surface area (Å²) in [6.45, 7) is 6.66. The van der Waals surface area contributed by atoms with Gasteiger partial charge < -0.3 is 14.4 Å². The fourth-order valence-corrected chi connectivity index (χ4v) is 4.10. The summed E-state index contributed by atoms with van der Waals surface area (Å²) >= 11 is 0. The van der Waals surface area contributed by atoms with Gasteiger partial charge in [-0.2, -0.15) is 5.10 Å². The van der Waals surface area contributed by atoms with Crippen LogP contribution in [0.15, 0.2) is 24.3 Å². The first kappa shape index (κ1) is 19.1. The third-order valence-electron chi connectivity index (χ3n) is 5.77. The van der Waals surface area contributed by atoms with Crippen LogP contribution in [0.25, 0.3) is 5.69 Å². The smallest absolute Gasteiger partial charge is 0.227 e. The van der Waals surface area contributed by atoms with Gasteiger partial charge in [0.15, 0.2) is 6.29 Å². The van der Waals surface area contributed by atoms with Gasteiger partial charge in [0.1, 0.15) is 5.82 Å². The van der Waals surface area contributed by atoms with Crippen molar-refractivity contribution in [1.29, 1.82) is 0 Å². The average molecular weight is 387 g/mol. The zero-order chi connectivity index (χ0) is 19.7. The van der Waals surface area contributed by atoms with Crippen LogP contribution in [0.3, 0.4) is 0 Å². The molecule has 0 unspecified atom stereocenters. The molecule has 7 heteroatoms. The molecule has 2 saturated heterocycles. The molecule has 0 N–H and O–H groups in total. The molecule has 0 saturated carbocycles. The number of nitrogens with zero attached hydrogens (tertiary/aromatic N) is 3. The summed E-state index contributed by atoms with van der Waals surface area (Å²) in [5.74, 6) is 0.213. The topological polar surface area (TPSA) is 56.6 Å². The summed E-state index contributed by atoms with van der Waals surface area (Å²) in [6.07, 6.45) is 2.04. The van der Waals surface area contributed by atoms with E-state index in [-0.39, 0.29) is 18.0 Å². The molecular weight excluding hydrogens is 361 g/mol. The van der Waals surface area contributed by atoms with Crippen molar-refractivity contribution in [3.63, 3.8) is 0 Å². The number of halogens is 1. The van der Waals surface area contributed by atoms with Gasteiger partial charge in [-0.15, -0.1) is 0 Å². The van der Waals surface area contributed by atoms with E-state index in [9.17, 15) is 9.18 Å². The number of piperidine rings is 1. The van der Waals surface area contributed by atoms with Gasteiger partial charge in [0.25, 0.3) is 0 Å². The van der Waals surface area contributed by atoms with Crippen molar-refractivity contribution in [2.75, 3.05) is 26.3 Å². The Morgan fingerprint density at radius 2 is 1.79 bits per heavy atom. The molecule has 0 spiro atoms. The number of ether oxygens (including phenoxy) is 2. The number of aryl methyl sites for hydroxylation is 1. The summed E-state index contributed by atoms with van der Waals surface area (Å²) in [6, 6.07) is 6.22. The number of rotatable bonds is 4. The lowest BCUT2D eigenvalue weighted by molar-refractivity contribution is -0.136. The molecule has 2 aromatic rings. The van der Waals surface area contributed by atoms with E-state index in [4.69, 9.17) is 9.47 Å². The van der Waals surface area contributed by atoms with Crippen LogP contribution in [0.5, 0.6) is 0 Å². The van der Waals surface area contributed by atoms with Crippen molar-refractivity contribution >= 4 is 5.91 Å². The molecule has 0 atom stereocenters. The highest BCUT2D eigenvalue weighted by atomic mass is 19.1. The number of hydrogen-bond acceptors (Lipinski definition) is 4. The first-order valence-corrected chi connectivity index (χ1v) is 9.85. The molecule has 0 aliphatic carbocycles. The predicted molar refractivity (Wildman–Crippen MR) is 102 cm³/mol. The Balaban J connectivity index is 1.41. The summed E-state index contributed by atoms with van der Waals surface area (Å²) in [5.41, 5.74) is 3.48. The molecule has 150 valence electrons. The highest BCUT2D eigenvalue weighted by Gasteiger charge is 2.32. The highest BCUT2D eigenvalue weighted by molar-refractivity contribution is 5.79. The van der Waals surface area contributed by atoms with E-state index in [0.717, 1.165) is 48.6 Å². The second-order valence-corrected chi connectivity index (χ2v) is 7.54. The number of carbonyl (C=O) groups is 1. The Morgan fingerprint density at radius 1 is 1.14 bits per heavy atom. The first-order valence-electron chi connectivity index (χ1n) is 9.85. The van der Waals surface area contributed by atoms with E-state index in [1.165, 1.54) is 12.1 Å². The molecule has 6 nitrogen and oxygen atoms in total. The number of benzene rings is 1. The standard InChI is InChI=1S/C21H26FN3O3/c1-14-19(15(2)25(23-14)18-5-3-17(22)4-6-18)13-20(26)24-9-7-16(8-10-24)21-27-11-12-28-21/h3-6,16,21H,7-13H2,1-2H3. The van der Waals surface area contributed by atoms with Crippen LogP contribution in [0.1, 0.15) is 29.8 Å². The minimum absolute atomic E-state index is 0.101. The van der Waals surface area contributed by atoms with Crippen LogP contribution in [0.4, 0.5) is 4.39 Å². The maximum atomic E-state index is 13.2. The number of likely N-dealkylation sites (tertiary alicyclic amines) is 1. The zero-order valence-corrected chi connectivity index (χ0v) is 16.4. The van der Waals surface area contributed by atoms with Crippen molar-refractivity contribution in [2.24, 2.45) is 5.92 Å². The van der Waals surface area contributed by atoms with Crippen LogP contribution in [0, 0.1) is 25.6 Å². The maximum Gasteiger partial charge on any atom is 0.227 e. The normalized spacial score (nSPS) is 18.8. The van der Waals surface area contributed by atoms with Crippen LogP contribution in [-0.2, 0) is 20.7 Å². The van der Waals surface area contributed by atoms with Crippen LogP contribution in [-0.4, -0.2) is 53.2 Å². The van der Waals surface area contributed by atoms with Gasteiger partial charge in [0.05, 0.1) is 31.0 Å². The average Bonchev–Trinajstić information content (AvgIpc) is 3.33. The largest absolute Gasteiger partial charge is 0.350 e. The van der Waals surface area contributed by atoms with Crippen LogP contribution >= 0.6 is 0 Å². The number of aromatic nitrogens is 2. The van der Waals surface area contributed by atoms with Crippen molar-refractivity contribution in [3.8, 4) is 5.69 Å². The van der Waals surface area contributed by atoms with Gasteiger partial charge in [0, 0.05) is 30.3 Å². The molecule has 0 bridgehead atoms. The molecule has 3 heterocycles. The Bertz CT molecular complexity index is 835. The van der Waals surface area contributed by atoms with Gasteiger partial charge in [-0.3, -0.25) is 4.79 Å². The first-order chi connectivity index (χ1) is 13.5. The van der Waals surface area contributed by atoms with Crippen molar-refractivity contribution in [1.82, 2.24) is 14.7 Å². The Kier molecular flexibility index (Phi) is 5.46. The zero-order valence-electron chi connectivity index (χ0n) is 16.4. The molecule has 2 fully saturated rings. The fraction of sp³-hybridized carbons (Fsp3) is 0.524. The van der Waals surface area contributed by atoms with E-state index < -0.39 is 0 Å². The predicted octanol–water partition coefficient (Wildman–Crippen LogP) is 2.78. The minimum Gasteiger partial charge on any atom is -0.350 e. The Morgan fingerprint density at radius 3 is 2.43 bits per heavy atom. The van der Waals surface area contributed by atoms with Crippen molar-refractivity contribution in [2.45, 2.75) is 39.4 Å². The van der Waals surface area contributed by atoms with E-state index in [1.807, 2.05) is 18.7 Å². The molecule has 2 aliphatic heterocycles. The fourth-order valence-electron chi connectivity index (χ4n) is 4.10. The SMILES string of the molecule is Cc1nn(-c2ccc(F)cc2)c(C)c1CC(=O)N1CCC(C2OCCO2)CC1. The molecular formula is C21H26FN3O3. The molecule has 1 aromatic carbocycles. The van der Waals surface area contributed by atoms with E-state index in [1.54, 1.807) is 16.8 Å². The second kappa shape index (κ2) is 8.01. The Labute approximate surface area is 164 Å². The third-order valence-corrected chi connectivity index (χ3v) is 5.77. The quantitative estimate of drug-likeness (QED) is 0.810. The maximum absolute atomic E-state index is 13.2. The lowest BCUT2D eigenvalue weighted by Gasteiger charge is -2.34. The molecule has 2 aliphatic rings. The van der Waals surface area contributed by atoms with Gasteiger partial charge >= 0.3 is 0 Å². The molecule has 0 radical (unpaired) electrons. The van der Waals surface area contributed by atoms with Crippen LogP contribution < -0.4 is 0 Å². The van der Waals surface area contributed by atoms with Crippen molar-refractivity contribution < 1.29 is 18.7 Å². The monoisotopic (exact) mass is 387 g/mol. The van der Waals surface area contributed by atoms with Gasteiger partial charge in [-0.25, -0.2) is 9.07 Å². The van der Waals surface area contributed by atoms with Gasteiger partial charge in [0.2, 0.25) is 5.91 Å². The summed E-state index contributed by atoms with van der Waals surface area (Å²) in [4.78, 5) is 14.8. The molecule has 28 heavy (non-hydrogen) atoms. The summed E-state index contributed by atoms with van der Waals surface area (Å²) in [7, 11) is 0. The second-order valence-electron chi connectivity index (χ2n) is 7.54. The van der Waals surface area contributed by atoms with E-state index in [0.29, 0.717) is 25.6 Å².